The van der Waals surface area contributed by atoms with Gasteiger partial charge < -0.3 is 14.8 Å². The summed E-state index contributed by atoms with van der Waals surface area (Å²) in [4.78, 5) is 23.6. The Bertz CT molecular complexity index is 532. The molecule has 24 heavy (non-hydrogen) atoms. The summed E-state index contributed by atoms with van der Waals surface area (Å²) in [6, 6.07) is 9.58. The molecule has 0 aliphatic carbocycles. The van der Waals surface area contributed by atoms with E-state index < -0.39 is 5.60 Å². The Morgan fingerprint density at radius 3 is 2.21 bits per heavy atom. The molecule has 0 atom stereocenters. The second-order valence-electron chi connectivity index (χ2n) is 7.68. The van der Waals surface area contributed by atoms with E-state index in [4.69, 9.17) is 9.47 Å². The molecule has 0 saturated heterocycles. The van der Waals surface area contributed by atoms with E-state index in [2.05, 4.69) is 5.32 Å². The van der Waals surface area contributed by atoms with Gasteiger partial charge in [-0.25, -0.2) is 0 Å². The van der Waals surface area contributed by atoms with Gasteiger partial charge in [0.1, 0.15) is 12.2 Å². The number of benzene rings is 1. The fraction of sp³-hybridized carbons (Fsp3) is 0.579. The lowest BCUT2D eigenvalue weighted by Crippen LogP contribution is -2.37. The first-order valence-electron chi connectivity index (χ1n) is 8.19. The summed E-state index contributed by atoms with van der Waals surface area (Å²) in [6.07, 6.45) is 0.279. The van der Waals surface area contributed by atoms with Crippen LogP contribution < -0.4 is 5.32 Å². The number of ether oxygens (including phenoxy) is 2. The minimum atomic E-state index is -0.491. The van der Waals surface area contributed by atoms with Crippen molar-refractivity contribution in [2.24, 2.45) is 5.41 Å². The predicted octanol–water partition coefficient (Wildman–Crippen LogP) is 3.08. The monoisotopic (exact) mass is 335 g/mol. The number of rotatable bonds is 8. The van der Waals surface area contributed by atoms with Crippen LogP contribution in [0.4, 0.5) is 0 Å². The fourth-order valence-corrected chi connectivity index (χ4v) is 2.12. The van der Waals surface area contributed by atoms with Crippen LogP contribution in [0.1, 0.15) is 46.6 Å². The highest BCUT2D eigenvalue weighted by molar-refractivity contribution is 5.72. The van der Waals surface area contributed by atoms with Crippen molar-refractivity contribution in [2.45, 2.75) is 53.2 Å². The average Bonchev–Trinajstić information content (AvgIpc) is 2.43. The first-order chi connectivity index (χ1) is 11.1. The summed E-state index contributed by atoms with van der Waals surface area (Å²) >= 11 is 0. The lowest BCUT2D eigenvalue weighted by molar-refractivity contribution is -0.153. The quantitative estimate of drug-likeness (QED) is 0.740. The molecule has 0 aliphatic rings. The molecule has 0 saturated carbocycles. The van der Waals surface area contributed by atoms with Gasteiger partial charge in [-0.05, 0) is 31.7 Å². The molecular weight excluding hydrogens is 306 g/mol. The van der Waals surface area contributed by atoms with Gasteiger partial charge in [0, 0.05) is 6.54 Å². The van der Waals surface area contributed by atoms with Gasteiger partial charge in [-0.15, -0.1) is 0 Å². The van der Waals surface area contributed by atoms with Crippen LogP contribution in [0.3, 0.4) is 0 Å². The van der Waals surface area contributed by atoms with Gasteiger partial charge in [-0.2, -0.15) is 0 Å². The predicted molar refractivity (Wildman–Crippen MR) is 93.4 cm³/mol. The molecule has 5 nitrogen and oxygen atoms in total. The zero-order chi connectivity index (χ0) is 18.2. The van der Waals surface area contributed by atoms with E-state index in [1.165, 1.54) is 0 Å². The minimum Gasteiger partial charge on any atom is -0.461 e. The minimum absolute atomic E-state index is 0.125. The van der Waals surface area contributed by atoms with Crippen molar-refractivity contribution in [3.8, 4) is 0 Å². The maximum absolute atomic E-state index is 12.0. The third-order valence-corrected chi connectivity index (χ3v) is 3.16. The fourth-order valence-electron chi connectivity index (χ4n) is 2.12. The van der Waals surface area contributed by atoms with E-state index in [9.17, 15) is 9.59 Å². The Hall–Kier alpha value is -1.88. The number of hydrogen-bond acceptors (Lipinski definition) is 5. The first kappa shape index (κ1) is 20.2. The van der Waals surface area contributed by atoms with Crippen molar-refractivity contribution < 1.29 is 19.1 Å². The van der Waals surface area contributed by atoms with Gasteiger partial charge in [0.25, 0.3) is 0 Å². The molecule has 5 heteroatoms. The van der Waals surface area contributed by atoms with E-state index in [0.29, 0.717) is 6.54 Å². The summed E-state index contributed by atoms with van der Waals surface area (Å²) in [5.74, 6) is -0.548. The molecule has 0 heterocycles. The van der Waals surface area contributed by atoms with Crippen LogP contribution in [-0.4, -0.2) is 30.6 Å². The number of esters is 2. The Balaban J connectivity index is 2.29. The van der Waals surface area contributed by atoms with E-state index in [1.54, 1.807) is 0 Å². The normalized spacial score (nSPS) is 11.9. The van der Waals surface area contributed by atoms with Crippen molar-refractivity contribution in [1.82, 2.24) is 5.32 Å². The standard InChI is InChI=1S/C19H29NO4/c1-18(2,3)24-17(22)12-20-14-19(4,5)11-16(21)23-13-15-9-7-6-8-10-15/h6-10,20H,11-14H2,1-5H3. The average molecular weight is 335 g/mol. The maximum Gasteiger partial charge on any atom is 0.320 e. The number of nitrogens with one attached hydrogen (secondary N) is 1. The van der Waals surface area contributed by atoms with Crippen LogP contribution in [-0.2, 0) is 25.7 Å². The topological polar surface area (TPSA) is 64.6 Å². The molecule has 1 aromatic carbocycles. The van der Waals surface area contributed by atoms with Gasteiger partial charge in [-0.3, -0.25) is 9.59 Å². The smallest absolute Gasteiger partial charge is 0.320 e. The van der Waals surface area contributed by atoms with Crippen LogP contribution in [0.15, 0.2) is 30.3 Å². The molecule has 0 fully saturated rings. The molecule has 1 rings (SSSR count). The highest BCUT2D eigenvalue weighted by Crippen LogP contribution is 2.20. The van der Waals surface area contributed by atoms with E-state index in [0.717, 1.165) is 5.56 Å². The van der Waals surface area contributed by atoms with Crippen molar-refractivity contribution in [3.63, 3.8) is 0 Å². The van der Waals surface area contributed by atoms with Crippen molar-refractivity contribution >= 4 is 11.9 Å². The van der Waals surface area contributed by atoms with Crippen molar-refractivity contribution in [3.05, 3.63) is 35.9 Å². The van der Waals surface area contributed by atoms with Gasteiger partial charge in [0.2, 0.25) is 0 Å². The summed E-state index contributed by atoms with van der Waals surface area (Å²) < 4.78 is 10.5. The van der Waals surface area contributed by atoms with Crippen LogP contribution in [0.25, 0.3) is 0 Å². The van der Waals surface area contributed by atoms with Crippen LogP contribution >= 0.6 is 0 Å². The summed E-state index contributed by atoms with van der Waals surface area (Å²) in [7, 11) is 0. The largest absolute Gasteiger partial charge is 0.461 e. The third kappa shape index (κ3) is 9.30. The zero-order valence-corrected chi connectivity index (χ0v) is 15.3. The lowest BCUT2D eigenvalue weighted by atomic mass is 9.89. The molecule has 0 bridgehead atoms. The van der Waals surface area contributed by atoms with E-state index in [-0.39, 0.29) is 36.9 Å². The van der Waals surface area contributed by atoms with Crippen molar-refractivity contribution in [1.29, 1.82) is 0 Å². The first-order valence-corrected chi connectivity index (χ1v) is 8.19. The lowest BCUT2D eigenvalue weighted by Gasteiger charge is -2.24. The Morgan fingerprint density at radius 1 is 1.00 bits per heavy atom. The van der Waals surface area contributed by atoms with Crippen LogP contribution in [0.2, 0.25) is 0 Å². The second kappa shape index (κ2) is 8.83. The van der Waals surface area contributed by atoms with Gasteiger partial charge in [0.15, 0.2) is 0 Å². The summed E-state index contributed by atoms with van der Waals surface area (Å²) in [5, 5.41) is 3.04. The van der Waals surface area contributed by atoms with E-state index in [1.807, 2.05) is 65.0 Å². The molecule has 1 N–H and O–H groups in total. The van der Waals surface area contributed by atoms with Crippen LogP contribution in [0.5, 0.6) is 0 Å². The molecule has 1 aromatic rings. The number of carbonyl (C=O) groups is 2. The number of carbonyl (C=O) groups excluding carboxylic acids is 2. The molecule has 0 amide bonds. The Morgan fingerprint density at radius 2 is 1.62 bits per heavy atom. The Labute approximate surface area is 144 Å². The summed E-state index contributed by atoms with van der Waals surface area (Å²) in [6.45, 7) is 10.3. The second-order valence-corrected chi connectivity index (χ2v) is 7.68. The van der Waals surface area contributed by atoms with Crippen molar-refractivity contribution in [2.75, 3.05) is 13.1 Å². The number of hydrogen-bond donors (Lipinski definition) is 1. The molecule has 0 unspecified atom stereocenters. The third-order valence-electron chi connectivity index (χ3n) is 3.16. The van der Waals surface area contributed by atoms with Gasteiger partial charge in [-0.1, -0.05) is 44.2 Å². The molecule has 0 aromatic heterocycles. The molecular formula is C19H29NO4. The van der Waals surface area contributed by atoms with Crippen LogP contribution in [0, 0.1) is 5.41 Å². The molecule has 0 radical (unpaired) electrons. The molecule has 134 valence electrons. The van der Waals surface area contributed by atoms with Gasteiger partial charge >= 0.3 is 11.9 Å². The highest BCUT2D eigenvalue weighted by atomic mass is 16.6. The molecule has 0 aliphatic heterocycles. The Kier molecular flexibility index (Phi) is 7.42. The summed E-state index contributed by atoms with van der Waals surface area (Å²) in [5.41, 5.74) is 0.164. The molecule has 0 spiro atoms. The van der Waals surface area contributed by atoms with E-state index >= 15 is 0 Å². The van der Waals surface area contributed by atoms with Gasteiger partial charge in [0.05, 0.1) is 13.0 Å². The zero-order valence-electron chi connectivity index (χ0n) is 15.3. The SMILES string of the molecule is CC(C)(CNCC(=O)OC(C)(C)C)CC(=O)OCc1ccccc1. The highest BCUT2D eigenvalue weighted by Gasteiger charge is 2.24. The maximum atomic E-state index is 12.0.